The molecule has 1 atom stereocenters. The molecule has 1 rings (SSSR count). The van der Waals surface area contributed by atoms with E-state index < -0.39 is 18.1 Å². The zero-order valence-corrected chi connectivity index (χ0v) is 7.68. The monoisotopic (exact) mass is 210 g/mol. The lowest BCUT2D eigenvalue weighted by molar-refractivity contribution is -0.196. The van der Waals surface area contributed by atoms with Crippen molar-refractivity contribution in [3.05, 3.63) is 0 Å². The van der Waals surface area contributed by atoms with Gasteiger partial charge in [0.1, 0.15) is 0 Å². The minimum atomic E-state index is -4.60. The van der Waals surface area contributed by atoms with Crippen LogP contribution in [0.5, 0.6) is 0 Å². The molecule has 1 aliphatic carbocycles. The van der Waals surface area contributed by atoms with Crippen LogP contribution in [0.3, 0.4) is 0 Å². The van der Waals surface area contributed by atoms with E-state index in [9.17, 15) is 18.0 Å². The molecule has 0 aromatic rings. The van der Waals surface area contributed by atoms with Gasteiger partial charge in [-0.1, -0.05) is 25.7 Å². The van der Waals surface area contributed by atoms with Gasteiger partial charge in [-0.3, -0.25) is 4.79 Å². The van der Waals surface area contributed by atoms with Crippen molar-refractivity contribution in [3.63, 3.8) is 0 Å². The van der Waals surface area contributed by atoms with E-state index in [0.29, 0.717) is 0 Å². The quantitative estimate of drug-likeness (QED) is 0.777. The normalized spacial score (nSPS) is 21.1. The predicted octanol–water partition coefficient (Wildman–Crippen LogP) is 2.83. The molecule has 1 saturated carbocycles. The van der Waals surface area contributed by atoms with Crippen LogP contribution < -0.4 is 0 Å². The summed E-state index contributed by atoms with van der Waals surface area (Å²) < 4.78 is 36.7. The summed E-state index contributed by atoms with van der Waals surface area (Å²) in [6, 6.07) is 0. The van der Waals surface area contributed by atoms with Crippen LogP contribution in [-0.2, 0) is 4.79 Å². The van der Waals surface area contributed by atoms with E-state index in [2.05, 4.69) is 0 Å². The maximum atomic E-state index is 12.2. The summed E-state index contributed by atoms with van der Waals surface area (Å²) in [5.74, 6) is -3.98. The molecule has 0 aromatic carbocycles. The summed E-state index contributed by atoms with van der Waals surface area (Å²) in [6.45, 7) is 0. The molecule has 2 nitrogen and oxygen atoms in total. The number of carboxylic acids is 1. The van der Waals surface area contributed by atoms with Gasteiger partial charge < -0.3 is 5.11 Å². The third kappa shape index (κ3) is 2.89. The molecule has 0 aromatic heterocycles. The summed E-state index contributed by atoms with van der Waals surface area (Å²) in [7, 11) is 0. The second-order valence-electron chi connectivity index (χ2n) is 3.82. The zero-order valence-electron chi connectivity index (χ0n) is 7.68. The Morgan fingerprint density at radius 3 is 2.21 bits per heavy atom. The first-order chi connectivity index (χ1) is 6.41. The van der Waals surface area contributed by atoms with Crippen molar-refractivity contribution in [1.29, 1.82) is 0 Å². The van der Waals surface area contributed by atoms with Gasteiger partial charge in [0.25, 0.3) is 0 Å². The van der Waals surface area contributed by atoms with Crippen molar-refractivity contribution in [2.45, 2.75) is 38.3 Å². The van der Waals surface area contributed by atoms with Gasteiger partial charge in [0, 0.05) is 0 Å². The van der Waals surface area contributed by atoms with Crippen molar-refractivity contribution < 1.29 is 23.1 Å². The Balaban J connectivity index is 2.55. The summed E-state index contributed by atoms with van der Waals surface area (Å²) in [5.41, 5.74) is 0. The molecule has 1 unspecified atom stereocenters. The standard InChI is InChI=1S/C9H13F3O2/c10-9(11,12)7(8(13)14)5-6-3-1-2-4-6/h6-7H,1-5H2,(H,13,14). The van der Waals surface area contributed by atoms with Crippen LogP contribution >= 0.6 is 0 Å². The van der Waals surface area contributed by atoms with Gasteiger partial charge in [0.15, 0.2) is 5.92 Å². The highest BCUT2D eigenvalue weighted by atomic mass is 19.4. The van der Waals surface area contributed by atoms with Crippen molar-refractivity contribution >= 4 is 5.97 Å². The number of hydrogen-bond acceptors (Lipinski definition) is 1. The number of aliphatic carboxylic acids is 1. The Kier molecular flexibility index (Phi) is 3.39. The Morgan fingerprint density at radius 1 is 1.36 bits per heavy atom. The topological polar surface area (TPSA) is 37.3 Å². The van der Waals surface area contributed by atoms with Gasteiger partial charge in [-0.05, 0) is 12.3 Å². The average Bonchev–Trinajstić information content (AvgIpc) is 2.48. The number of hydrogen-bond donors (Lipinski definition) is 1. The van der Waals surface area contributed by atoms with Gasteiger partial charge in [0.05, 0.1) is 0 Å². The van der Waals surface area contributed by atoms with Crippen LogP contribution in [0.15, 0.2) is 0 Å². The average molecular weight is 210 g/mol. The lowest BCUT2D eigenvalue weighted by atomic mass is 9.93. The van der Waals surface area contributed by atoms with Gasteiger partial charge in [-0.25, -0.2) is 0 Å². The molecule has 0 bridgehead atoms. The van der Waals surface area contributed by atoms with Crippen molar-refractivity contribution in [1.82, 2.24) is 0 Å². The van der Waals surface area contributed by atoms with Crippen LogP contribution in [0, 0.1) is 11.8 Å². The summed E-state index contributed by atoms with van der Waals surface area (Å²) in [4.78, 5) is 10.4. The van der Waals surface area contributed by atoms with Crippen LogP contribution in [0.2, 0.25) is 0 Å². The van der Waals surface area contributed by atoms with Gasteiger partial charge in [0.2, 0.25) is 0 Å². The van der Waals surface area contributed by atoms with Gasteiger partial charge in [-0.2, -0.15) is 13.2 Å². The first-order valence-electron chi connectivity index (χ1n) is 4.71. The van der Waals surface area contributed by atoms with Gasteiger partial charge in [-0.15, -0.1) is 0 Å². The summed E-state index contributed by atoms with van der Waals surface area (Å²) in [5, 5.41) is 8.45. The van der Waals surface area contributed by atoms with E-state index in [-0.39, 0.29) is 12.3 Å². The molecule has 0 heterocycles. The Morgan fingerprint density at radius 2 is 1.86 bits per heavy atom. The lowest BCUT2D eigenvalue weighted by Gasteiger charge is -2.19. The summed E-state index contributed by atoms with van der Waals surface area (Å²) >= 11 is 0. The molecule has 0 saturated heterocycles. The summed E-state index contributed by atoms with van der Waals surface area (Å²) in [6.07, 6.45) is -1.53. The van der Waals surface area contributed by atoms with Crippen LogP contribution in [0.25, 0.3) is 0 Å². The predicted molar refractivity (Wildman–Crippen MR) is 43.8 cm³/mol. The Bertz CT molecular complexity index is 207. The number of carbonyl (C=O) groups is 1. The van der Waals surface area contributed by atoms with E-state index >= 15 is 0 Å². The first-order valence-corrected chi connectivity index (χ1v) is 4.71. The largest absolute Gasteiger partial charge is 0.481 e. The highest BCUT2D eigenvalue weighted by Crippen LogP contribution is 2.37. The smallest absolute Gasteiger partial charge is 0.402 e. The molecular weight excluding hydrogens is 197 g/mol. The van der Waals surface area contributed by atoms with Crippen LogP contribution in [-0.4, -0.2) is 17.3 Å². The highest BCUT2D eigenvalue weighted by Gasteiger charge is 2.46. The molecule has 0 radical (unpaired) electrons. The van der Waals surface area contributed by atoms with E-state index in [0.717, 1.165) is 25.7 Å². The molecule has 14 heavy (non-hydrogen) atoms. The SMILES string of the molecule is O=C(O)C(CC1CCCC1)C(F)(F)F. The van der Waals surface area contributed by atoms with Crippen molar-refractivity contribution in [3.8, 4) is 0 Å². The fourth-order valence-electron chi connectivity index (χ4n) is 1.95. The number of carboxylic acid groups (broad SMARTS) is 1. The third-order valence-electron chi connectivity index (χ3n) is 2.74. The minimum absolute atomic E-state index is 0.0577. The van der Waals surface area contributed by atoms with E-state index in [1.54, 1.807) is 0 Å². The highest BCUT2D eigenvalue weighted by molar-refractivity contribution is 5.70. The Labute approximate surface area is 80.1 Å². The molecule has 1 N–H and O–H groups in total. The van der Waals surface area contributed by atoms with Crippen molar-refractivity contribution in [2.24, 2.45) is 11.8 Å². The molecular formula is C9H13F3O2. The lowest BCUT2D eigenvalue weighted by Crippen LogP contribution is -2.32. The maximum absolute atomic E-state index is 12.2. The molecule has 0 aliphatic heterocycles. The minimum Gasteiger partial charge on any atom is -0.481 e. The fraction of sp³-hybridized carbons (Fsp3) is 0.889. The molecule has 1 fully saturated rings. The molecule has 0 amide bonds. The van der Waals surface area contributed by atoms with E-state index in [1.807, 2.05) is 0 Å². The number of rotatable bonds is 3. The van der Waals surface area contributed by atoms with E-state index in [1.165, 1.54) is 0 Å². The molecule has 5 heteroatoms. The number of halogens is 3. The fourth-order valence-corrected chi connectivity index (χ4v) is 1.95. The second-order valence-corrected chi connectivity index (χ2v) is 3.82. The van der Waals surface area contributed by atoms with Crippen molar-refractivity contribution in [2.75, 3.05) is 0 Å². The maximum Gasteiger partial charge on any atom is 0.402 e. The number of alkyl halides is 3. The van der Waals surface area contributed by atoms with Gasteiger partial charge >= 0.3 is 12.1 Å². The first kappa shape index (κ1) is 11.3. The van der Waals surface area contributed by atoms with Crippen LogP contribution in [0.1, 0.15) is 32.1 Å². The zero-order chi connectivity index (χ0) is 10.8. The van der Waals surface area contributed by atoms with Crippen LogP contribution in [0.4, 0.5) is 13.2 Å². The van der Waals surface area contributed by atoms with E-state index in [4.69, 9.17) is 5.11 Å². The second kappa shape index (κ2) is 4.19. The third-order valence-corrected chi connectivity index (χ3v) is 2.74. The molecule has 1 aliphatic rings. The molecule has 0 spiro atoms. The Hall–Kier alpha value is -0.740. The molecule has 82 valence electrons.